The van der Waals surface area contributed by atoms with Gasteiger partial charge in [0.15, 0.2) is 5.17 Å². The molecule has 0 aromatic carbocycles. The van der Waals surface area contributed by atoms with E-state index >= 15 is 0 Å². The average molecular weight is 454 g/mol. The smallest absolute Gasteiger partial charge is 0.209 e. The summed E-state index contributed by atoms with van der Waals surface area (Å²) in [6.45, 7) is 8.37. The van der Waals surface area contributed by atoms with Crippen molar-refractivity contribution in [1.82, 2.24) is 20.5 Å². The number of pyridine rings is 1. The number of nitriles is 1. The van der Waals surface area contributed by atoms with E-state index in [4.69, 9.17) is 0 Å². The summed E-state index contributed by atoms with van der Waals surface area (Å²) in [6, 6.07) is 5.69. The molecule has 2 heterocycles. The number of hydrogen-bond donors (Lipinski definition) is 2. The summed E-state index contributed by atoms with van der Waals surface area (Å²) in [7, 11) is 3.67. The fourth-order valence-electron chi connectivity index (χ4n) is 3.65. The summed E-state index contributed by atoms with van der Waals surface area (Å²) in [5, 5.41) is 27.0. The van der Waals surface area contributed by atoms with Gasteiger partial charge in [0.05, 0.1) is 11.3 Å². The number of anilines is 1. The lowest BCUT2D eigenvalue weighted by Crippen LogP contribution is -2.19. The van der Waals surface area contributed by atoms with Gasteiger partial charge in [-0.05, 0) is 42.2 Å². The van der Waals surface area contributed by atoms with Crippen LogP contribution in [0.1, 0.15) is 47.9 Å². The Morgan fingerprint density at radius 2 is 2.23 bits per heavy atom. The van der Waals surface area contributed by atoms with E-state index in [2.05, 4.69) is 50.0 Å². The Kier molecular flexibility index (Phi) is 8.20. The first-order chi connectivity index (χ1) is 15.0. The zero-order chi connectivity index (χ0) is 22.2. The van der Waals surface area contributed by atoms with Gasteiger partial charge in [-0.3, -0.25) is 9.98 Å². The van der Waals surface area contributed by atoms with Crippen molar-refractivity contribution in [2.75, 3.05) is 19.4 Å². The molecular weight excluding hydrogens is 426 g/mol. The zero-order valence-corrected chi connectivity index (χ0v) is 19.5. The van der Waals surface area contributed by atoms with E-state index in [1.807, 2.05) is 7.05 Å². The maximum atomic E-state index is 9.23. The van der Waals surface area contributed by atoms with Crippen LogP contribution in [0.5, 0.6) is 0 Å². The monoisotopic (exact) mass is 453 g/mol. The third-order valence-corrected chi connectivity index (χ3v) is 7.42. The predicted octanol–water partition coefficient (Wildman–Crippen LogP) is 4.70. The third kappa shape index (κ3) is 6.15. The SMILES string of the molecule is C=C(Cc1ncccc1C#N)Nc1nnc(C2CCC[C@H](C(=C)SC(=NC)NC)C2)s1. The topological polar surface area (TPSA) is 98.9 Å². The van der Waals surface area contributed by atoms with Crippen molar-refractivity contribution in [3.63, 3.8) is 0 Å². The highest BCUT2D eigenvalue weighted by Crippen LogP contribution is 2.43. The summed E-state index contributed by atoms with van der Waals surface area (Å²) in [4.78, 5) is 9.68. The minimum atomic E-state index is 0.384. The zero-order valence-electron chi connectivity index (χ0n) is 17.9. The molecule has 0 radical (unpaired) electrons. The lowest BCUT2D eigenvalue weighted by Gasteiger charge is -2.28. The van der Waals surface area contributed by atoms with Crippen molar-refractivity contribution < 1.29 is 0 Å². The van der Waals surface area contributed by atoms with Crippen molar-refractivity contribution in [3.05, 3.63) is 58.4 Å². The van der Waals surface area contributed by atoms with Gasteiger partial charge in [-0.2, -0.15) is 5.26 Å². The molecule has 0 spiro atoms. The molecule has 162 valence electrons. The van der Waals surface area contributed by atoms with E-state index in [1.54, 1.807) is 48.5 Å². The van der Waals surface area contributed by atoms with Gasteiger partial charge < -0.3 is 10.6 Å². The van der Waals surface area contributed by atoms with E-state index in [9.17, 15) is 5.26 Å². The van der Waals surface area contributed by atoms with Gasteiger partial charge in [-0.15, -0.1) is 10.2 Å². The maximum absolute atomic E-state index is 9.23. The van der Waals surface area contributed by atoms with Crippen molar-refractivity contribution >= 4 is 33.4 Å². The van der Waals surface area contributed by atoms with Gasteiger partial charge in [0, 0.05) is 38.3 Å². The van der Waals surface area contributed by atoms with Crippen LogP contribution in [-0.2, 0) is 6.42 Å². The highest BCUT2D eigenvalue weighted by molar-refractivity contribution is 8.17. The average Bonchev–Trinajstić information content (AvgIpc) is 3.26. The van der Waals surface area contributed by atoms with Gasteiger partial charge in [0.25, 0.3) is 0 Å². The second-order valence-corrected chi connectivity index (χ2v) is 9.49. The minimum Gasteiger partial charge on any atom is -0.368 e. The van der Waals surface area contributed by atoms with E-state index in [0.29, 0.717) is 29.5 Å². The normalized spacial score (nSPS) is 18.8. The fraction of sp³-hybridized carbons (Fsp3) is 0.409. The summed E-state index contributed by atoms with van der Waals surface area (Å²) in [5.41, 5.74) is 2.00. The Morgan fingerprint density at radius 1 is 1.39 bits per heavy atom. The summed E-state index contributed by atoms with van der Waals surface area (Å²) < 4.78 is 0. The highest BCUT2D eigenvalue weighted by Gasteiger charge is 2.28. The van der Waals surface area contributed by atoms with Crippen LogP contribution in [-0.4, -0.2) is 34.4 Å². The summed E-state index contributed by atoms with van der Waals surface area (Å²) in [5.74, 6) is 0.827. The molecule has 31 heavy (non-hydrogen) atoms. The number of thioether (sulfide) groups is 1. The first-order valence-electron chi connectivity index (χ1n) is 10.2. The van der Waals surface area contributed by atoms with Gasteiger partial charge in [-0.1, -0.05) is 42.7 Å². The predicted molar refractivity (Wildman–Crippen MR) is 129 cm³/mol. The molecule has 7 nitrogen and oxygen atoms in total. The molecule has 2 aromatic heterocycles. The summed E-state index contributed by atoms with van der Waals surface area (Å²) in [6.07, 6.45) is 6.59. The molecule has 0 bridgehead atoms. The number of hydrogen-bond acceptors (Lipinski definition) is 8. The van der Waals surface area contributed by atoms with Gasteiger partial charge in [0.1, 0.15) is 11.1 Å². The number of aromatic nitrogens is 3. The van der Waals surface area contributed by atoms with Crippen LogP contribution >= 0.6 is 23.1 Å². The van der Waals surface area contributed by atoms with Gasteiger partial charge >= 0.3 is 0 Å². The van der Waals surface area contributed by atoms with E-state index in [-0.39, 0.29) is 0 Å². The molecule has 1 aliphatic rings. The molecule has 2 aromatic rings. The van der Waals surface area contributed by atoms with Crippen LogP contribution in [0, 0.1) is 17.2 Å². The first-order valence-corrected chi connectivity index (χ1v) is 11.8. The van der Waals surface area contributed by atoms with Crippen LogP contribution in [0.15, 0.2) is 47.1 Å². The van der Waals surface area contributed by atoms with Crippen LogP contribution in [0.3, 0.4) is 0 Å². The molecule has 3 rings (SSSR count). The first kappa shape index (κ1) is 23.0. The highest BCUT2D eigenvalue weighted by atomic mass is 32.2. The van der Waals surface area contributed by atoms with Crippen molar-refractivity contribution in [1.29, 1.82) is 5.26 Å². The van der Waals surface area contributed by atoms with Crippen molar-refractivity contribution in [3.8, 4) is 6.07 Å². The Morgan fingerprint density at radius 3 is 2.97 bits per heavy atom. The molecule has 1 aliphatic carbocycles. The lowest BCUT2D eigenvalue weighted by atomic mass is 9.82. The van der Waals surface area contributed by atoms with E-state index in [1.165, 1.54) is 0 Å². The van der Waals surface area contributed by atoms with E-state index < -0.39 is 0 Å². The standard InChI is InChI=1S/C22H27N7S2/c1-14(11-19-18(13-23)9-6-10-26-19)27-22-29-28-20(31-22)17-8-5-7-16(12-17)15(2)30-21(24-3)25-4/h6,9-10,16-17H,1-2,5,7-8,11-12H2,3-4H3,(H,24,25)(H,27,29)/t16-,17?/m0/s1. The molecule has 1 unspecified atom stereocenters. The fourth-order valence-corrected chi connectivity index (χ4v) is 5.41. The molecule has 0 aliphatic heterocycles. The summed E-state index contributed by atoms with van der Waals surface area (Å²) >= 11 is 3.20. The largest absolute Gasteiger partial charge is 0.368 e. The van der Waals surface area contributed by atoms with Crippen LogP contribution in [0.4, 0.5) is 5.13 Å². The van der Waals surface area contributed by atoms with Crippen molar-refractivity contribution in [2.45, 2.75) is 38.0 Å². The second-order valence-electron chi connectivity index (χ2n) is 7.37. The number of rotatable bonds is 7. The number of allylic oxidation sites excluding steroid dienone is 2. The molecule has 0 amide bonds. The number of nitrogens with one attached hydrogen (secondary N) is 2. The number of nitrogens with zero attached hydrogens (tertiary/aromatic N) is 5. The van der Waals surface area contributed by atoms with Crippen LogP contribution in [0.25, 0.3) is 0 Å². The van der Waals surface area contributed by atoms with Gasteiger partial charge in [-0.25, -0.2) is 0 Å². The molecule has 1 fully saturated rings. The molecule has 2 atom stereocenters. The minimum absolute atomic E-state index is 0.384. The molecular formula is C22H27N7S2. The maximum Gasteiger partial charge on any atom is 0.209 e. The van der Waals surface area contributed by atoms with Crippen LogP contribution in [0.2, 0.25) is 0 Å². The Labute approximate surface area is 191 Å². The van der Waals surface area contributed by atoms with E-state index in [0.717, 1.165) is 51.6 Å². The second kappa shape index (κ2) is 11.1. The molecule has 9 heteroatoms. The Bertz CT molecular complexity index is 1010. The third-order valence-electron chi connectivity index (χ3n) is 5.24. The number of amidine groups is 1. The number of aliphatic imine (C=N–C) groups is 1. The molecule has 2 N–H and O–H groups in total. The van der Waals surface area contributed by atoms with Crippen molar-refractivity contribution in [2.24, 2.45) is 10.9 Å². The van der Waals surface area contributed by atoms with Crippen LogP contribution < -0.4 is 10.6 Å². The Balaban J connectivity index is 1.59. The lowest BCUT2D eigenvalue weighted by molar-refractivity contribution is 0.368. The molecule has 1 saturated carbocycles. The molecule has 0 saturated heterocycles. The quantitative estimate of drug-likeness (QED) is 0.463. The Hall–Kier alpha value is -2.70. The van der Waals surface area contributed by atoms with Gasteiger partial charge in [0.2, 0.25) is 5.13 Å².